The quantitative estimate of drug-likeness (QED) is 0.713. The lowest BCUT2D eigenvalue weighted by Gasteiger charge is -2.36. The molecule has 1 fully saturated rings. The van der Waals surface area contributed by atoms with Gasteiger partial charge in [0.25, 0.3) is 0 Å². The van der Waals surface area contributed by atoms with Crippen molar-refractivity contribution in [2.24, 2.45) is 0 Å². The van der Waals surface area contributed by atoms with Crippen LogP contribution in [0.15, 0.2) is 30.3 Å². The van der Waals surface area contributed by atoms with Crippen LogP contribution in [0.25, 0.3) is 0 Å². The van der Waals surface area contributed by atoms with Crippen LogP contribution >= 0.6 is 0 Å². The molecule has 1 aromatic carbocycles. The minimum atomic E-state index is -0.289. The summed E-state index contributed by atoms with van der Waals surface area (Å²) in [5, 5.41) is 0. The zero-order valence-corrected chi connectivity index (χ0v) is 15.6. The Kier molecular flexibility index (Phi) is 7.44. The molecule has 0 aromatic heterocycles. The van der Waals surface area contributed by atoms with Gasteiger partial charge in [0.1, 0.15) is 6.04 Å². The number of benzene rings is 1. The SMILES string of the molecule is CCOC(=O)C1CCCCN1CC(=O)N(Cc1ccccc1)C(C)C. The van der Waals surface area contributed by atoms with Gasteiger partial charge in [-0.15, -0.1) is 0 Å². The van der Waals surface area contributed by atoms with Crippen molar-refractivity contribution in [1.29, 1.82) is 0 Å². The second-order valence-corrected chi connectivity index (χ2v) is 6.84. The van der Waals surface area contributed by atoms with Crippen LogP contribution in [0.4, 0.5) is 0 Å². The van der Waals surface area contributed by atoms with Gasteiger partial charge in [-0.1, -0.05) is 36.8 Å². The van der Waals surface area contributed by atoms with E-state index in [4.69, 9.17) is 4.74 Å². The van der Waals surface area contributed by atoms with E-state index in [-0.39, 0.29) is 30.5 Å². The lowest BCUT2D eigenvalue weighted by molar-refractivity contribution is -0.152. The summed E-state index contributed by atoms with van der Waals surface area (Å²) in [7, 11) is 0. The molecule has 1 aliphatic rings. The lowest BCUT2D eigenvalue weighted by atomic mass is 10.0. The number of likely N-dealkylation sites (tertiary alicyclic amines) is 1. The highest BCUT2D eigenvalue weighted by Gasteiger charge is 2.32. The Morgan fingerprint density at radius 1 is 1.24 bits per heavy atom. The van der Waals surface area contributed by atoms with E-state index < -0.39 is 0 Å². The molecule has 1 aliphatic heterocycles. The fraction of sp³-hybridized carbons (Fsp3) is 0.600. The molecule has 0 radical (unpaired) electrons. The molecule has 0 aliphatic carbocycles. The van der Waals surface area contributed by atoms with Gasteiger partial charge >= 0.3 is 5.97 Å². The van der Waals surface area contributed by atoms with Gasteiger partial charge < -0.3 is 9.64 Å². The van der Waals surface area contributed by atoms with Crippen molar-refractivity contribution in [2.75, 3.05) is 19.7 Å². The Morgan fingerprint density at radius 2 is 1.96 bits per heavy atom. The number of carbonyl (C=O) groups is 2. The van der Waals surface area contributed by atoms with E-state index in [0.29, 0.717) is 13.2 Å². The highest BCUT2D eigenvalue weighted by atomic mass is 16.5. The average molecular weight is 346 g/mol. The van der Waals surface area contributed by atoms with Gasteiger partial charge in [-0.2, -0.15) is 0 Å². The zero-order valence-electron chi connectivity index (χ0n) is 15.6. The molecular weight excluding hydrogens is 316 g/mol. The average Bonchev–Trinajstić information content (AvgIpc) is 2.61. The summed E-state index contributed by atoms with van der Waals surface area (Å²) in [6, 6.07) is 9.83. The number of ether oxygens (including phenoxy) is 1. The fourth-order valence-corrected chi connectivity index (χ4v) is 3.29. The van der Waals surface area contributed by atoms with E-state index in [1.807, 2.05) is 60.9 Å². The first-order valence-electron chi connectivity index (χ1n) is 9.27. The van der Waals surface area contributed by atoms with Crippen LogP contribution in [0, 0.1) is 0 Å². The van der Waals surface area contributed by atoms with Crippen LogP contribution in [-0.4, -0.2) is 53.5 Å². The molecule has 1 heterocycles. The molecule has 25 heavy (non-hydrogen) atoms. The standard InChI is InChI=1S/C20H30N2O3/c1-4-25-20(24)18-12-8-9-13-21(18)15-19(23)22(16(2)3)14-17-10-6-5-7-11-17/h5-7,10-11,16,18H,4,8-9,12-15H2,1-3H3. The molecule has 1 amide bonds. The molecule has 2 rings (SSSR count). The highest BCUT2D eigenvalue weighted by molar-refractivity contribution is 5.81. The van der Waals surface area contributed by atoms with E-state index in [1.165, 1.54) is 0 Å². The van der Waals surface area contributed by atoms with Crippen LogP contribution < -0.4 is 0 Å². The Balaban J connectivity index is 2.04. The number of piperidine rings is 1. The lowest BCUT2D eigenvalue weighted by Crippen LogP contribution is -2.51. The van der Waals surface area contributed by atoms with Crippen molar-refractivity contribution in [3.05, 3.63) is 35.9 Å². The van der Waals surface area contributed by atoms with Gasteiger partial charge in [0.15, 0.2) is 0 Å². The van der Waals surface area contributed by atoms with Crippen LogP contribution in [0.2, 0.25) is 0 Å². The molecular formula is C20H30N2O3. The number of amides is 1. The maximum absolute atomic E-state index is 12.9. The number of rotatable bonds is 7. The Hall–Kier alpha value is -1.88. The monoisotopic (exact) mass is 346 g/mol. The van der Waals surface area contributed by atoms with Crippen molar-refractivity contribution in [3.8, 4) is 0 Å². The minimum absolute atomic E-state index is 0.0649. The third-order valence-corrected chi connectivity index (χ3v) is 4.65. The number of hydrogen-bond acceptors (Lipinski definition) is 4. The maximum atomic E-state index is 12.9. The second-order valence-electron chi connectivity index (χ2n) is 6.84. The summed E-state index contributed by atoms with van der Waals surface area (Å²) in [6.45, 7) is 7.88. The summed E-state index contributed by atoms with van der Waals surface area (Å²) in [4.78, 5) is 29.0. The van der Waals surface area contributed by atoms with Crippen molar-refractivity contribution in [1.82, 2.24) is 9.80 Å². The molecule has 1 atom stereocenters. The molecule has 1 saturated heterocycles. The molecule has 1 unspecified atom stereocenters. The predicted molar refractivity (Wildman–Crippen MR) is 98.0 cm³/mol. The summed E-state index contributed by atoms with van der Waals surface area (Å²) in [5.41, 5.74) is 1.12. The van der Waals surface area contributed by atoms with Gasteiger partial charge in [-0.25, -0.2) is 0 Å². The number of hydrogen-bond donors (Lipinski definition) is 0. The summed E-state index contributed by atoms with van der Waals surface area (Å²) < 4.78 is 5.19. The third kappa shape index (κ3) is 5.56. The Bertz CT molecular complexity index is 559. The second kappa shape index (κ2) is 9.56. The van der Waals surface area contributed by atoms with Crippen molar-refractivity contribution >= 4 is 11.9 Å². The number of nitrogens with zero attached hydrogens (tertiary/aromatic N) is 2. The van der Waals surface area contributed by atoms with Crippen LogP contribution in [0.5, 0.6) is 0 Å². The molecule has 138 valence electrons. The predicted octanol–water partition coefficient (Wildman–Crippen LogP) is 2.84. The van der Waals surface area contributed by atoms with Crippen molar-refractivity contribution in [3.63, 3.8) is 0 Å². The van der Waals surface area contributed by atoms with Crippen LogP contribution in [0.3, 0.4) is 0 Å². The Labute approximate surface area is 150 Å². The normalized spacial score (nSPS) is 18.2. The molecule has 0 saturated carbocycles. The van der Waals surface area contributed by atoms with E-state index in [9.17, 15) is 9.59 Å². The topological polar surface area (TPSA) is 49.9 Å². The third-order valence-electron chi connectivity index (χ3n) is 4.65. The van der Waals surface area contributed by atoms with Gasteiger partial charge in [0.2, 0.25) is 5.91 Å². The minimum Gasteiger partial charge on any atom is -0.465 e. The van der Waals surface area contributed by atoms with Gasteiger partial charge in [0, 0.05) is 12.6 Å². The molecule has 5 nitrogen and oxygen atoms in total. The molecule has 0 spiro atoms. The number of carbonyl (C=O) groups excluding carboxylic acids is 2. The maximum Gasteiger partial charge on any atom is 0.323 e. The summed E-state index contributed by atoms with van der Waals surface area (Å²) in [5.74, 6) is -0.135. The first-order chi connectivity index (χ1) is 12.0. The largest absolute Gasteiger partial charge is 0.465 e. The molecule has 0 N–H and O–H groups in total. The molecule has 0 bridgehead atoms. The number of esters is 1. The highest BCUT2D eigenvalue weighted by Crippen LogP contribution is 2.19. The van der Waals surface area contributed by atoms with Gasteiger partial charge in [-0.05, 0) is 45.7 Å². The summed E-state index contributed by atoms with van der Waals surface area (Å²) >= 11 is 0. The van der Waals surface area contributed by atoms with Gasteiger partial charge in [-0.3, -0.25) is 14.5 Å². The fourth-order valence-electron chi connectivity index (χ4n) is 3.29. The van der Waals surface area contributed by atoms with Gasteiger partial charge in [0.05, 0.1) is 13.2 Å². The van der Waals surface area contributed by atoms with Crippen LogP contribution in [-0.2, 0) is 20.9 Å². The first kappa shape index (κ1) is 19.4. The zero-order chi connectivity index (χ0) is 18.2. The van der Waals surface area contributed by atoms with E-state index >= 15 is 0 Å². The van der Waals surface area contributed by atoms with Crippen LogP contribution in [0.1, 0.15) is 45.6 Å². The van der Waals surface area contributed by atoms with Crippen molar-refractivity contribution in [2.45, 2.75) is 58.7 Å². The first-order valence-corrected chi connectivity index (χ1v) is 9.27. The van der Waals surface area contributed by atoms with E-state index in [0.717, 1.165) is 31.4 Å². The smallest absolute Gasteiger partial charge is 0.323 e. The van der Waals surface area contributed by atoms with Crippen molar-refractivity contribution < 1.29 is 14.3 Å². The summed E-state index contributed by atoms with van der Waals surface area (Å²) in [6.07, 6.45) is 2.79. The van der Waals surface area contributed by atoms with E-state index in [2.05, 4.69) is 0 Å². The molecule has 1 aromatic rings. The molecule has 5 heteroatoms. The Morgan fingerprint density at radius 3 is 2.60 bits per heavy atom. The van der Waals surface area contributed by atoms with E-state index in [1.54, 1.807) is 0 Å².